The number of hydrogen-bond donors (Lipinski definition) is 0. The summed E-state index contributed by atoms with van der Waals surface area (Å²) in [6.45, 7) is 2.61. The highest BCUT2D eigenvalue weighted by atomic mass is 16.7. The summed E-state index contributed by atoms with van der Waals surface area (Å²) >= 11 is 0. The Bertz CT molecular complexity index is 183. The summed E-state index contributed by atoms with van der Waals surface area (Å²) in [6, 6.07) is 0. The third-order valence-electron chi connectivity index (χ3n) is 1.36. The van der Waals surface area contributed by atoms with E-state index in [4.69, 9.17) is 9.47 Å². The smallest absolute Gasteiger partial charge is 0.235 e. The minimum Gasteiger partial charge on any atom is -0.344 e. The number of hydrogen-bond acceptors (Lipinski definition) is 4. The van der Waals surface area contributed by atoms with Gasteiger partial charge in [0.1, 0.15) is 0 Å². The average Bonchev–Trinajstić information content (AvgIpc) is 2.33. The first-order valence-corrected chi connectivity index (χ1v) is 3.23. The first kappa shape index (κ1) is 8.16. The predicted octanol–water partition coefficient (Wildman–Crippen LogP) is 0.540. The average molecular weight is 159 g/mol. The summed E-state index contributed by atoms with van der Waals surface area (Å²) in [5.41, 5.74) is 0. The molecule has 1 rings (SSSR count). The molecular formula is C6H9NO4. The quantitative estimate of drug-likeness (QED) is 0.435. The first-order valence-electron chi connectivity index (χ1n) is 3.23. The molecule has 0 atom stereocenters. The Hall–Kier alpha value is -0.940. The van der Waals surface area contributed by atoms with Crippen LogP contribution in [-0.2, 0) is 9.47 Å². The van der Waals surface area contributed by atoms with Crippen LogP contribution in [0.1, 0.15) is 6.92 Å². The molecule has 1 saturated heterocycles. The van der Waals surface area contributed by atoms with Gasteiger partial charge in [0.25, 0.3) is 0 Å². The van der Waals surface area contributed by atoms with Crippen molar-refractivity contribution in [3.05, 3.63) is 22.4 Å². The summed E-state index contributed by atoms with van der Waals surface area (Å²) in [5.74, 6) is -0.896. The molecule has 1 fully saturated rings. The maximum Gasteiger partial charge on any atom is 0.235 e. The van der Waals surface area contributed by atoms with E-state index < -0.39 is 10.7 Å². The van der Waals surface area contributed by atoms with Gasteiger partial charge in [0.2, 0.25) is 6.20 Å². The van der Waals surface area contributed by atoms with Gasteiger partial charge in [0.05, 0.1) is 18.1 Å². The van der Waals surface area contributed by atoms with Gasteiger partial charge in [-0.1, -0.05) is 0 Å². The van der Waals surface area contributed by atoms with Crippen LogP contribution in [-0.4, -0.2) is 23.9 Å². The predicted molar refractivity (Wildman–Crippen MR) is 36.4 cm³/mol. The van der Waals surface area contributed by atoms with Gasteiger partial charge >= 0.3 is 0 Å². The van der Waals surface area contributed by atoms with E-state index >= 15 is 0 Å². The van der Waals surface area contributed by atoms with Crippen LogP contribution in [0.3, 0.4) is 0 Å². The molecule has 0 aromatic rings. The van der Waals surface area contributed by atoms with Crippen LogP contribution in [0.5, 0.6) is 0 Å². The van der Waals surface area contributed by atoms with Gasteiger partial charge in [-0.3, -0.25) is 10.1 Å². The molecule has 0 aromatic carbocycles. The summed E-state index contributed by atoms with van der Waals surface area (Å²) < 4.78 is 10.2. The fourth-order valence-corrected chi connectivity index (χ4v) is 0.823. The van der Waals surface area contributed by atoms with Crippen molar-refractivity contribution in [1.82, 2.24) is 0 Å². The molecule has 0 bridgehead atoms. The molecule has 0 aromatic heterocycles. The molecule has 62 valence electrons. The van der Waals surface area contributed by atoms with Crippen LogP contribution in [0.25, 0.3) is 0 Å². The first-order chi connectivity index (χ1) is 5.12. The van der Waals surface area contributed by atoms with Crippen molar-refractivity contribution in [3.8, 4) is 0 Å². The maximum atomic E-state index is 9.91. The van der Waals surface area contributed by atoms with Crippen LogP contribution in [0.15, 0.2) is 12.3 Å². The summed E-state index contributed by atoms with van der Waals surface area (Å²) in [5, 5.41) is 9.91. The maximum absolute atomic E-state index is 9.91. The lowest BCUT2D eigenvalue weighted by Gasteiger charge is -2.14. The molecule has 0 radical (unpaired) electrons. The van der Waals surface area contributed by atoms with E-state index in [1.165, 1.54) is 6.08 Å². The standard InChI is InChI=1S/C6H9NO4/c1-6(2-3-7(8)9)10-4-5-11-6/h2-3H,4-5H2,1H3/b3-2+. The van der Waals surface area contributed by atoms with Gasteiger partial charge in [-0.2, -0.15) is 0 Å². The van der Waals surface area contributed by atoms with Crippen LogP contribution >= 0.6 is 0 Å². The van der Waals surface area contributed by atoms with E-state index in [9.17, 15) is 10.1 Å². The van der Waals surface area contributed by atoms with E-state index in [-0.39, 0.29) is 0 Å². The lowest BCUT2D eigenvalue weighted by Crippen LogP contribution is -2.22. The molecule has 0 amide bonds. The Morgan fingerprint density at radius 3 is 2.55 bits per heavy atom. The Balaban J connectivity index is 2.52. The van der Waals surface area contributed by atoms with Gasteiger partial charge in [-0.15, -0.1) is 0 Å². The van der Waals surface area contributed by atoms with E-state index in [0.717, 1.165) is 6.20 Å². The van der Waals surface area contributed by atoms with Gasteiger partial charge in [0.15, 0.2) is 5.79 Å². The van der Waals surface area contributed by atoms with Crippen LogP contribution in [0, 0.1) is 10.1 Å². The molecule has 0 spiro atoms. The van der Waals surface area contributed by atoms with Gasteiger partial charge in [-0.05, 0) is 6.92 Å². The van der Waals surface area contributed by atoms with Crippen LogP contribution in [0.2, 0.25) is 0 Å². The second-order valence-corrected chi connectivity index (χ2v) is 2.31. The molecule has 0 unspecified atom stereocenters. The molecule has 1 aliphatic rings. The van der Waals surface area contributed by atoms with Crippen LogP contribution < -0.4 is 0 Å². The van der Waals surface area contributed by atoms with Crippen molar-refractivity contribution >= 4 is 0 Å². The molecule has 0 aliphatic carbocycles. The van der Waals surface area contributed by atoms with Crippen molar-refractivity contribution < 1.29 is 14.4 Å². The molecule has 11 heavy (non-hydrogen) atoms. The normalized spacial score (nSPS) is 22.6. The molecular weight excluding hydrogens is 150 g/mol. The second-order valence-electron chi connectivity index (χ2n) is 2.31. The lowest BCUT2D eigenvalue weighted by atomic mass is 10.3. The topological polar surface area (TPSA) is 61.6 Å². The zero-order valence-electron chi connectivity index (χ0n) is 6.15. The van der Waals surface area contributed by atoms with Crippen molar-refractivity contribution in [2.24, 2.45) is 0 Å². The molecule has 1 aliphatic heterocycles. The molecule has 0 N–H and O–H groups in total. The van der Waals surface area contributed by atoms with E-state index in [0.29, 0.717) is 13.2 Å². The molecule has 0 saturated carbocycles. The Morgan fingerprint density at radius 1 is 1.55 bits per heavy atom. The Morgan fingerprint density at radius 2 is 2.09 bits per heavy atom. The number of nitro groups is 1. The number of nitrogens with zero attached hydrogens (tertiary/aromatic N) is 1. The van der Waals surface area contributed by atoms with E-state index in [2.05, 4.69) is 0 Å². The van der Waals surface area contributed by atoms with Crippen molar-refractivity contribution in [2.75, 3.05) is 13.2 Å². The summed E-state index contributed by atoms with van der Waals surface area (Å²) in [6.07, 6.45) is 2.12. The molecule has 5 heteroatoms. The van der Waals surface area contributed by atoms with Crippen molar-refractivity contribution in [3.63, 3.8) is 0 Å². The fraction of sp³-hybridized carbons (Fsp3) is 0.667. The highest BCUT2D eigenvalue weighted by Crippen LogP contribution is 2.19. The highest BCUT2D eigenvalue weighted by Gasteiger charge is 2.28. The SMILES string of the molecule is CC1(/C=C/[N+](=O)[O-])OCCO1. The third-order valence-corrected chi connectivity index (χ3v) is 1.36. The monoisotopic (exact) mass is 159 g/mol. The van der Waals surface area contributed by atoms with Gasteiger partial charge in [-0.25, -0.2) is 0 Å². The van der Waals surface area contributed by atoms with Crippen molar-refractivity contribution in [1.29, 1.82) is 0 Å². The summed E-state index contributed by atoms with van der Waals surface area (Å²) in [4.78, 5) is 9.36. The third kappa shape index (κ3) is 2.28. The second kappa shape index (κ2) is 2.98. The fourth-order valence-electron chi connectivity index (χ4n) is 0.823. The number of ether oxygens (including phenoxy) is 2. The van der Waals surface area contributed by atoms with E-state index in [1.807, 2.05) is 0 Å². The van der Waals surface area contributed by atoms with Gasteiger partial charge < -0.3 is 9.47 Å². The van der Waals surface area contributed by atoms with Crippen molar-refractivity contribution in [2.45, 2.75) is 12.7 Å². The van der Waals surface area contributed by atoms with Gasteiger partial charge in [0, 0.05) is 6.08 Å². The lowest BCUT2D eigenvalue weighted by molar-refractivity contribution is -0.403. The Labute approximate surface area is 63.7 Å². The van der Waals surface area contributed by atoms with E-state index in [1.54, 1.807) is 6.92 Å². The highest BCUT2D eigenvalue weighted by molar-refractivity contribution is 4.90. The van der Waals surface area contributed by atoms with Crippen LogP contribution in [0.4, 0.5) is 0 Å². The molecule has 1 heterocycles. The minimum atomic E-state index is -0.896. The largest absolute Gasteiger partial charge is 0.344 e. The zero-order chi connectivity index (χ0) is 8.32. The molecule has 5 nitrogen and oxygen atoms in total. The number of rotatable bonds is 2. The minimum absolute atomic E-state index is 0.485. The Kier molecular flexibility index (Phi) is 2.21. The summed E-state index contributed by atoms with van der Waals surface area (Å²) in [7, 11) is 0. The zero-order valence-corrected chi connectivity index (χ0v) is 6.15.